The van der Waals surface area contributed by atoms with E-state index in [0.717, 1.165) is 24.4 Å². The van der Waals surface area contributed by atoms with Gasteiger partial charge in [-0.25, -0.2) is 4.68 Å². The van der Waals surface area contributed by atoms with Gasteiger partial charge in [-0.2, -0.15) is 5.10 Å². The number of aromatic nitrogens is 5. The highest BCUT2D eigenvalue weighted by molar-refractivity contribution is 5.91. The van der Waals surface area contributed by atoms with Crippen LogP contribution >= 0.6 is 0 Å². The first-order valence-electron chi connectivity index (χ1n) is 7.53. The summed E-state index contributed by atoms with van der Waals surface area (Å²) >= 11 is 0. The van der Waals surface area contributed by atoms with Gasteiger partial charge in [-0.3, -0.25) is 9.48 Å². The Morgan fingerprint density at radius 1 is 1.30 bits per heavy atom. The fourth-order valence-electron chi connectivity index (χ4n) is 2.79. The quantitative estimate of drug-likeness (QED) is 0.725. The fourth-order valence-corrected chi connectivity index (χ4v) is 2.79. The molecule has 118 valence electrons. The molecule has 1 aliphatic heterocycles. The summed E-state index contributed by atoms with van der Waals surface area (Å²) in [5.41, 5.74) is 1.80. The van der Waals surface area contributed by atoms with Crippen molar-refractivity contribution in [3.8, 4) is 0 Å². The molecule has 4 rings (SSSR count). The molecule has 0 spiro atoms. The lowest BCUT2D eigenvalue weighted by molar-refractivity contribution is 0.0713. The second kappa shape index (κ2) is 5.71. The van der Waals surface area contributed by atoms with Gasteiger partial charge in [0.15, 0.2) is 5.76 Å². The summed E-state index contributed by atoms with van der Waals surface area (Å²) in [6.07, 6.45) is 5.97. The first-order chi connectivity index (χ1) is 11.3. The minimum absolute atomic E-state index is 0.102. The summed E-state index contributed by atoms with van der Waals surface area (Å²) < 4.78 is 8.91. The standard InChI is InChI=1S/C15H16N6O2/c22-15(14-4-1-9-23-14)19-6-3-8-21-13(11-19)12(17-18-21)10-20-7-2-5-16-20/h1-2,4-5,7,9H,3,6,8,10-11H2. The molecule has 0 radical (unpaired) electrons. The van der Waals surface area contributed by atoms with Crippen LogP contribution in [0.15, 0.2) is 41.3 Å². The highest BCUT2D eigenvalue weighted by Gasteiger charge is 2.25. The maximum Gasteiger partial charge on any atom is 0.289 e. The second-order valence-electron chi connectivity index (χ2n) is 5.47. The molecule has 3 aromatic heterocycles. The molecule has 3 aromatic rings. The normalized spacial score (nSPS) is 14.5. The summed E-state index contributed by atoms with van der Waals surface area (Å²) in [7, 11) is 0. The van der Waals surface area contributed by atoms with Crippen molar-refractivity contribution in [1.82, 2.24) is 29.7 Å². The van der Waals surface area contributed by atoms with E-state index in [9.17, 15) is 4.79 Å². The van der Waals surface area contributed by atoms with E-state index < -0.39 is 0 Å². The van der Waals surface area contributed by atoms with Crippen molar-refractivity contribution in [3.05, 3.63) is 54.0 Å². The molecule has 1 amide bonds. The van der Waals surface area contributed by atoms with Gasteiger partial charge < -0.3 is 9.32 Å². The Balaban J connectivity index is 1.60. The van der Waals surface area contributed by atoms with Crippen molar-refractivity contribution in [3.63, 3.8) is 0 Å². The predicted octanol–water partition coefficient (Wildman–Crippen LogP) is 1.16. The Kier molecular flexibility index (Phi) is 3.41. The molecule has 8 heteroatoms. The number of aryl methyl sites for hydroxylation is 1. The molecule has 0 unspecified atom stereocenters. The molecule has 0 saturated heterocycles. The molecule has 4 heterocycles. The number of hydrogen-bond donors (Lipinski definition) is 0. The average molecular weight is 312 g/mol. The third kappa shape index (κ3) is 2.63. The van der Waals surface area contributed by atoms with Gasteiger partial charge in [-0.15, -0.1) is 5.10 Å². The first kappa shape index (κ1) is 13.7. The van der Waals surface area contributed by atoms with Gasteiger partial charge >= 0.3 is 0 Å². The van der Waals surface area contributed by atoms with Crippen LogP contribution in [0, 0.1) is 0 Å². The SMILES string of the molecule is O=C(c1ccco1)N1CCCn2nnc(Cn3cccn3)c2C1. The van der Waals surface area contributed by atoms with E-state index in [1.165, 1.54) is 6.26 Å². The van der Waals surface area contributed by atoms with E-state index >= 15 is 0 Å². The number of carbonyl (C=O) groups excluding carboxylic acids is 1. The van der Waals surface area contributed by atoms with Crippen LogP contribution in [0.25, 0.3) is 0 Å². The molecule has 0 bridgehead atoms. The number of nitrogens with zero attached hydrogens (tertiary/aromatic N) is 6. The molecule has 0 N–H and O–H groups in total. The van der Waals surface area contributed by atoms with Crippen molar-refractivity contribution in [2.24, 2.45) is 0 Å². The molecule has 1 aliphatic rings. The monoisotopic (exact) mass is 312 g/mol. The molecular weight excluding hydrogens is 296 g/mol. The maximum absolute atomic E-state index is 12.5. The molecule has 0 fully saturated rings. The van der Waals surface area contributed by atoms with Gasteiger partial charge in [0.1, 0.15) is 5.69 Å². The van der Waals surface area contributed by atoms with Gasteiger partial charge in [0.2, 0.25) is 0 Å². The summed E-state index contributed by atoms with van der Waals surface area (Å²) in [6.45, 7) is 2.45. The van der Waals surface area contributed by atoms with E-state index in [4.69, 9.17) is 4.42 Å². The average Bonchev–Trinajstić information content (AvgIpc) is 3.29. The zero-order chi connectivity index (χ0) is 15.6. The molecule has 23 heavy (non-hydrogen) atoms. The van der Waals surface area contributed by atoms with Crippen molar-refractivity contribution < 1.29 is 9.21 Å². The third-order valence-corrected chi connectivity index (χ3v) is 3.95. The summed E-state index contributed by atoms with van der Waals surface area (Å²) in [4.78, 5) is 14.3. The fraction of sp³-hybridized carbons (Fsp3) is 0.333. The Bertz CT molecular complexity index is 790. The molecule has 8 nitrogen and oxygen atoms in total. The van der Waals surface area contributed by atoms with Crippen LogP contribution < -0.4 is 0 Å². The van der Waals surface area contributed by atoms with Gasteiger partial charge in [0.05, 0.1) is 25.0 Å². The van der Waals surface area contributed by atoms with Crippen LogP contribution in [-0.4, -0.2) is 42.1 Å². The molecular formula is C15H16N6O2. The Morgan fingerprint density at radius 3 is 3.04 bits per heavy atom. The van der Waals surface area contributed by atoms with Gasteiger partial charge in [0, 0.05) is 25.5 Å². The van der Waals surface area contributed by atoms with Crippen molar-refractivity contribution in [2.75, 3.05) is 6.54 Å². The number of furan rings is 1. The summed E-state index contributed by atoms with van der Waals surface area (Å²) in [5.74, 6) is 0.259. The highest BCUT2D eigenvalue weighted by atomic mass is 16.3. The topological polar surface area (TPSA) is 82.0 Å². The van der Waals surface area contributed by atoms with E-state index in [0.29, 0.717) is 25.4 Å². The number of amides is 1. The van der Waals surface area contributed by atoms with Crippen LogP contribution in [0.5, 0.6) is 0 Å². The van der Waals surface area contributed by atoms with Crippen molar-refractivity contribution in [1.29, 1.82) is 0 Å². The lowest BCUT2D eigenvalue weighted by Gasteiger charge is -2.19. The molecule has 0 aliphatic carbocycles. The van der Waals surface area contributed by atoms with Gasteiger partial charge in [-0.05, 0) is 24.6 Å². The van der Waals surface area contributed by atoms with E-state index in [2.05, 4.69) is 15.4 Å². The smallest absolute Gasteiger partial charge is 0.289 e. The van der Waals surface area contributed by atoms with Gasteiger partial charge in [0.25, 0.3) is 5.91 Å². The number of rotatable bonds is 3. The maximum atomic E-state index is 12.5. The zero-order valence-corrected chi connectivity index (χ0v) is 12.5. The summed E-state index contributed by atoms with van der Waals surface area (Å²) in [5, 5.41) is 12.7. The lowest BCUT2D eigenvalue weighted by atomic mass is 10.2. The van der Waals surface area contributed by atoms with Crippen molar-refractivity contribution >= 4 is 5.91 Å². The van der Waals surface area contributed by atoms with E-state index in [-0.39, 0.29) is 5.91 Å². The van der Waals surface area contributed by atoms with Crippen LogP contribution in [0.4, 0.5) is 0 Å². The van der Waals surface area contributed by atoms with Crippen molar-refractivity contribution in [2.45, 2.75) is 26.1 Å². The Labute approximate surface area is 132 Å². The third-order valence-electron chi connectivity index (χ3n) is 3.95. The molecule has 0 atom stereocenters. The van der Waals surface area contributed by atoms with Crippen LogP contribution in [0.1, 0.15) is 28.4 Å². The first-order valence-corrected chi connectivity index (χ1v) is 7.53. The minimum Gasteiger partial charge on any atom is -0.459 e. The minimum atomic E-state index is -0.102. The number of carbonyl (C=O) groups is 1. The number of hydrogen-bond acceptors (Lipinski definition) is 5. The second-order valence-corrected chi connectivity index (χ2v) is 5.47. The van der Waals surface area contributed by atoms with Crippen LogP contribution in [0.2, 0.25) is 0 Å². The molecule has 0 saturated carbocycles. The predicted molar refractivity (Wildman–Crippen MR) is 79.4 cm³/mol. The Hall–Kier alpha value is -2.90. The highest BCUT2D eigenvalue weighted by Crippen LogP contribution is 2.18. The largest absolute Gasteiger partial charge is 0.459 e. The van der Waals surface area contributed by atoms with E-state index in [1.54, 1.807) is 27.9 Å². The summed E-state index contributed by atoms with van der Waals surface area (Å²) in [6, 6.07) is 5.28. The van der Waals surface area contributed by atoms with Crippen LogP contribution in [-0.2, 0) is 19.6 Å². The zero-order valence-electron chi connectivity index (χ0n) is 12.5. The number of fused-ring (bicyclic) bond motifs is 1. The lowest BCUT2D eigenvalue weighted by Crippen LogP contribution is -2.30. The van der Waals surface area contributed by atoms with E-state index in [1.807, 2.05) is 16.9 Å². The Morgan fingerprint density at radius 2 is 2.26 bits per heavy atom. The molecule has 0 aromatic carbocycles. The van der Waals surface area contributed by atoms with Crippen LogP contribution in [0.3, 0.4) is 0 Å². The van der Waals surface area contributed by atoms with Gasteiger partial charge in [-0.1, -0.05) is 5.21 Å².